The summed E-state index contributed by atoms with van der Waals surface area (Å²) < 4.78 is 0. The molecule has 0 aromatic rings. The molecule has 2 N–H and O–H groups in total. The Morgan fingerprint density at radius 2 is 2.00 bits per heavy atom. The van der Waals surface area contributed by atoms with Crippen molar-refractivity contribution in [2.75, 3.05) is 0 Å². The van der Waals surface area contributed by atoms with E-state index in [9.17, 15) is 9.59 Å². The fourth-order valence-corrected chi connectivity index (χ4v) is 1.85. The van der Waals surface area contributed by atoms with E-state index in [0.29, 0.717) is 0 Å². The molecule has 1 aliphatic carbocycles. The second-order valence-electron chi connectivity index (χ2n) is 5.46. The monoisotopic (exact) mass is 227 g/mol. The number of carbonyl (C=O) groups is 2. The molecule has 4 heteroatoms. The highest BCUT2D eigenvalue weighted by atomic mass is 16.4. The molecule has 1 aliphatic rings. The lowest BCUT2D eigenvalue weighted by molar-refractivity contribution is -0.143. The molecule has 1 saturated carbocycles. The fraction of sp³-hybridized carbons (Fsp3) is 0.833. The number of amides is 1. The number of hydrogen-bond acceptors (Lipinski definition) is 2. The second kappa shape index (κ2) is 4.44. The third kappa shape index (κ3) is 2.74. The molecule has 2 unspecified atom stereocenters. The molecular weight excluding hydrogens is 206 g/mol. The Bertz CT molecular complexity index is 299. The maximum Gasteiger partial charge on any atom is 0.326 e. The van der Waals surface area contributed by atoms with Gasteiger partial charge in [-0.25, -0.2) is 4.79 Å². The highest BCUT2D eigenvalue weighted by Gasteiger charge is 2.51. The number of carboxylic acid groups (broad SMARTS) is 1. The summed E-state index contributed by atoms with van der Waals surface area (Å²) >= 11 is 0. The number of hydrogen-bond donors (Lipinski definition) is 2. The van der Waals surface area contributed by atoms with Gasteiger partial charge in [-0.1, -0.05) is 34.1 Å². The van der Waals surface area contributed by atoms with Gasteiger partial charge in [-0.2, -0.15) is 0 Å². The molecule has 0 aromatic heterocycles. The van der Waals surface area contributed by atoms with E-state index in [2.05, 4.69) is 5.32 Å². The van der Waals surface area contributed by atoms with E-state index in [1.165, 1.54) is 0 Å². The first kappa shape index (κ1) is 13.0. The Kier molecular flexibility index (Phi) is 3.61. The highest BCUT2D eigenvalue weighted by Crippen LogP contribution is 2.51. The van der Waals surface area contributed by atoms with Crippen LogP contribution in [0.15, 0.2) is 0 Å². The molecule has 0 spiro atoms. The zero-order chi connectivity index (χ0) is 12.5. The Balaban J connectivity index is 2.56. The van der Waals surface area contributed by atoms with Crippen LogP contribution in [-0.2, 0) is 9.59 Å². The molecule has 1 fully saturated rings. The average Bonchev–Trinajstić information content (AvgIpc) is 2.82. The molecule has 0 bridgehead atoms. The maximum atomic E-state index is 11.8. The first-order valence-corrected chi connectivity index (χ1v) is 5.82. The lowest BCUT2D eigenvalue weighted by Gasteiger charge is -2.20. The summed E-state index contributed by atoms with van der Waals surface area (Å²) in [6.45, 7) is 7.82. The summed E-state index contributed by atoms with van der Waals surface area (Å²) in [6.07, 6.45) is 1.59. The van der Waals surface area contributed by atoms with Crippen LogP contribution in [0.4, 0.5) is 0 Å². The highest BCUT2D eigenvalue weighted by molar-refractivity contribution is 5.87. The van der Waals surface area contributed by atoms with E-state index in [1.54, 1.807) is 0 Å². The van der Waals surface area contributed by atoms with E-state index in [4.69, 9.17) is 5.11 Å². The minimum absolute atomic E-state index is 0.0154. The maximum absolute atomic E-state index is 11.8. The summed E-state index contributed by atoms with van der Waals surface area (Å²) in [5.74, 6) is -1.11. The van der Waals surface area contributed by atoms with Gasteiger partial charge in [0.2, 0.25) is 5.91 Å². The third-order valence-corrected chi connectivity index (χ3v) is 3.61. The summed E-state index contributed by atoms with van der Waals surface area (Å²) in [5, 5.41) is 11.7. The molecule has 0 heterocycles. The minimum atomic E-state index is -0.943. The van der Waals surface area contributed by atoms with Crippen LogP contribution in [0.2, 0.25) is 0 Å². The number of carbonyl (C=O) groups excluding carboxylic acids is 1. The first-order chi connectivity index (χ1) is 7.29. The summed E-state index contributed by atoms with van der Waals surface area (Å²) in [4.78, 5) is 22.8. The predicted octanol–water partition coefficient (Wildman–Crippen LogP) is 1.65. The first-order valence-electron chi connectivity index (χ1n) is 5.82. The predicted molar refractivity (Wildman–Crippen MR) is 60.9 cm³/mol. The molecule has 0 radical (unpaired) electrons. The third-order valence-electron chi connectivity index (χ3n) is 3.61. The van der Waals surface area contributed by atoms with Gasteiger partial charge in [-0.3, -0.25) is 4.79 Å². The molecule has 0 aliphatic heterocycles. The van der Waals surface area contributed by atoms with Gasteiger partial charge in [0.25, 0.3) is 0 Å². The van der Waals surface area contributed by atoms with Crippen LogP contribution in [0.3, 0.4) is 0 Å². The fourth-order valence-electron chi connectivity index (χ4n) is 1.85. The molecule has 92 valence electrons. The van der Waals surface area contributed by atoms with Gasteiger partial charge in [-0.05, 0) is 17.8 Å². The van der Waals surface area contributed by atoms with Gasteiger partial charge in [0.05, 0.1) is 0 Å². The smallest absolute Gasteiger partial charge is 0.326 e. The normalized spacial score (nSPS) is 25.6. The van der Waals surface area contributed by atoms with Crippen molar-refractivity contribution in [3.8, 4) is 0 Å². The Morgan fingerprint density at radius 1 is 1.50 bits per heavy atom. The van der Waals surface area contributed by atoms with Crippen molar-refractivity contribution in [1.29, 1.82) is 0 Å². The van der Waals surface area contributed by atoms with Crippen molar-refractivity contribution in [2.24, 2.45) is 17.3 Å². The Labute approximate surface area is 96.4 Å². The Morgan fingerprint density at radius 3 is 2.31 bits per heavy atom. The van der Waals surface area contributed by atoms with E-state index in [0.717, 1.165) is 12.8 Å². The zero-order valence-corrected chi connectivity index (χ0v) is 10.4. The van der Waals surface area contributed by atoms with E-state index >= 15 is 0 Å². The van der Waals surface area contributed by atoms with Crippen molar-refractivity contribution >= 4 is 11.9 Å². The van der Waals surface area contributed by atoms with Gasteiger partial charge >= 0.3 is 5.97 Å². The van der Waals surface area contributed by atoms with Gasteiger partial charge in [0.15, 0.2) is 0 Å². The number of nitrogens with one attached hydrogen (secondary N) is 1. The van der Waals surface area contributed by atoms with Gasteiger partial charge in [-0.15, -0.1) is 0 Å². The molecule has 1 amide bonds. The largest absolute Gasteiger partial charge is 0.480 e. The number of rotatable bonds is 5. The van der Waals surface area contributed by atoms with Crippen molar-refractivity contribution in [3.63, 3.8) is 0 Å². The number of carboxylic acids is 1. The molecular formula is C12H21NO3. The number of aliphatic carboxylic acids is 1. The van der Waals surface area contributed by atoms with Crippen LogP contribution >= 0.6 is 0 Å². The van der Waals surface area contributed by atoms with Gasteiger partial charge in [0.1, 0.15) is 6.04 Å². The van der Waals surface area contributed by atoms with Gasteiger partial charge < -0.3 is 10.4 Å². The van der Waals surface area contributed by atoms with Crippen LogP contribution in [0.1, 0.15) is 40.5 Å². The summed E-state index contributed by atoms with van der Waals surface area (Å²) in [6, 6.07) is -0.756. The van der Waals surface area contributed by atoms with Crippen LogP contribution in [-0.4, -0.2) is 23.0 Å². The standard InChI is InChI=1S/C12H21NO3/c1-5-7(2)9(11(15)16)13-10(14)8-6-12(8,3)4/h7-9H,5-6H2,1-4H3,(H,13,14)(H,15,16)/t7?,8-,9?/m1/s1. The van der Waals surface area contributed by atoms with E-state index in [1.807, 2.05) is 27.7 Å². The van der Waals surface area contributed by atoms with E-state index in [-0.39, 0.29) is 23.2 Å². The van der Waals surface area contributed by atoms with E-state index < -0.39 is 12.0 Å². The van der Waals surface area contributed by atoms with Crippen LogP contribution < -0.4 is 5.32 Å². The van der Waals surface area contributed by atoms with Crippen molar-refractivity contribution in [2.45, 2.75) is 46.6 Å². The zero-order valence-electron chi connectivity index (χ0n) is 10.4. The van der Waals surface area contributed by atoms with Crippen LogP contribution in [0, 0.1) is 17.3 Å². The molecule has 3 atom stereocenters. The Hall–Kier alpha value is -1.06. The summed E-state index contributed by atoms with van der Waals surface area (Å²) in [7, 11) is 0. The minimum Gasteiger partial charge on any atom is -0.480 e. The van der Waals surface area contributed by atoms with Crippen LogP contribution in [0.25, 0.3) is 0 Å². The van der Waals surface area contributed by atoms with Crippen molar-refractivity contribution in [3.05, 3.63) is 0 Å². The molecule has 4 nitrogen and oxygen atoms in total. The topological polar surface area (TPSA) is 66.4 Å². The average molecular weight is 227 g/mol. The summed E-state index contributed by atoms with van der Waals surface area (Å²) in [5.41, 5.74) is 0.0442. The lowest BCUT2D eigenvalue weighted by Crippen LogP contribution is -2.46. The molecule has 0 saturated heterocycles. The lowest BCUT2D eigenvalue weighted by atomic mass is 9.99. The van der Waals surface area contributed by atoms with Gasteiger partial charge in [0, 0.05) is 5.92 Å². The van der Waals surface area contributed by atoms with Crippen LogP contribution in [0.5, 0.6) is 0 Å². The molecule has 0 aromatic carbocycles. The van der Waals surface area contributed by atoms with Crippen molar-refractivity contribution in [1.82, 2.24) is 5.32 Å². The molecule has 16 heavy (non-hydrogen) atoms. The molecule has 1 rings (SSSR count). The van der Waals surface area contributed by atoms with Crippen molar-refractivity contribution < 1.29 is 14.7 Å². The SMILES string of the molecule is CCC(C)C(NC(=O)[C@H]1CC1(C)C)C(=O)O. The second-order valence-corrected chi connectivity index (χ2v) is 5.46. The quantitative estimate of drug-likeness (QED) is 0.750.